The Morgan fingerprint density at radius 1 is 1.00 bits per heavy atom. The SMILES string of the molecule is CCC=CCCCCOC(=O)CCCCCCCBr. The summed E-state index contributed by atoms with van der Waals surface area (Å²) in [6.07, 6.45) is 15.1. The first-order valence-electron chi connectivity index (χ1n) is 7.67. The molecule has 0 N–H and O–H groups in total. The van der Waals surface area contributed by atoms with Gasteiger partial charge in [-0.2, -0.15) is 0 Å². The topological polar surface area (TPSA) is 26.3 Å². The molecule has 0 aromatic carbocycles. The van der Waals surface area contributed by atoms with Crippen LogP contribution in [0.5, 0.6) is 0 Å². The van der Waals surface area contributed by atoms with E-state index in [2.05, 4.69) is 35.0 Å². The Kier molecular flexibility index (Phi) is 15.5. The van der Waals surface area contributed by atoms with E-state index in [9.17, 15) is 4.79 Å². The van der Waals surface area contributed by atoms with Crippen molar-refractivity contribution in [2.75, 3.05) is 11.9 Å². The van der Waals surface area contributed by atoms with Crippen molar-refractivity contribution >= 4 is 21.9 Å². The number of carbonyl (C=O) groups excluding carboxylic acids is 1. The van der Waals surface area contributed by atoms with Crippen LogP contribution in [0.1, 0.15) is 71.1 Å². The second kappa shape index (κ2) is 15.7. The van der Waals surface area contributed by atoms with Crippen LogP contribution in [0.25, 0.3) is 0 Å². The van der Waals surface area contributed by atoms with E-state index >= 15 is 0 Å². The van der Waals surface area contributed by atoms with Gasteiger partial charge in [0.15, 0.2) is 0 Å². The Morgan fingerprint density at radius 2 is 1.74 bits per heavy atom. The smallest absolute Gasteiger partial charge is 0.305 e. The number of unbranched alkanes of at least 4 members (excludes halogenated alkanes) is 6. The summed E-state index contributed by atoms with van der Waals surface area (Å²) in [5.74, 6) is -0.0235. The lowest BCUT2D eigenvalue weighted by molar-refractivity contribution is -0.143. The summed E-state index contributed by atoms with van der Waals surface area (Å²) in [4.78, 5) is 11.4. The average Bonchev–Trinajstić information content (AvgIpc) is 2.41. The summed E-state index contributed by atoms with van der Waals surface area (Å²) in [7, 11) is 0. The third-order valence-corrected chi connectivity index (χ3v) is 3.51. The second-order valence-electron chi connectivity index (χ2n) is 4.80. The maximum Gasteiger partial charge on any atom is 0.305 e. The number of carbonyl (C=O) groups is 1. The van der Waals surface area contributed by atoms with Gasteiger partial charge in [-0.3, -0.25) is 4.79 Å². The summed E-state index contributed by atoms with van der Waals surface area (Å²) in [6, 6.07) is 0. The molecule has 2 nitrogen and oxygen atoms in total. The molecule has 19 heavy (non-hydrogen) atoms. The summed E-state index contributed by atoms with van der Waals surface area (Å²) >= 11 is 3.42. The number of hydrogen-bond acceptors (Lipinski definition) is 2. The Morgan fingerprint density at radius 3 is 2.47 bits per heavy atom. The zero-order valence-electron chi connectivity index (χ0n) is 12.3. The molecule has 0 unspecified atom stereocenters. The zero-order valence-corrected chi connectivity index (χ0v) is 13.9. The van der Waals surface area contributed by atoms with Gasteiger partial charge in [0, 0.05) is 11.8 Å². The normalized spacial score (nSPS) is 11.1. The van der Waals surface area contributed by atoms with E-state index in [-0.39, 0.29) is 5.97 Å². The van der Waals surface area contributed by atoms with Gasteiger partial charge < -0.3 is 4.74 Å². The fraction of sp³-hybridized carbons (Fsp3) is 0.812. The molecule has 0 bridgehead atoms. The second-order valence-corrected chi connectivity index (χ2v) is 5.60. The van der Waals surface area contributed by atoms with Crippen LogP contribution in [0.15, 0.2) is 12.2 Å². The van der Waals surface area contributed by atoms with Crippen LogP contribution >= 0.6 is 15.9 Å². The van der Waals surface area contributed by atoms with E-state index in [4.69, 9.17) is 4.74 Å². The number of allylic oxidation sites excluding steroid dienone is 2. The lowest BCUT2D eigenvalue weighted by Gasteiger charge is -2.04. The largest absolute Gasteiger partial charge is 0.466 e. The number of hydrogen-bond donors (Lipinski definition) is 0. The van der Waals surface area contributed by atoms with E-state index in [1.807, 2.05) is 0 Å². The van der Waals surface area contributed by atoms with Crippen molar-refractivity contribution in [3.8, 4) is 0 Å². The van der Waals surface area contributed by atoms with Crippen LogP contribution in [-0.4, -0.2) is 17.9 Å². The number of esters is 1. The third-order valence-electron chi connectivity index (χ3n) is 2.95. The molecule has 0 saturated heterocycles. The molecule has 3 heteroatoms. The molecule has 0 fully saturated rings. The fourth-order valence-electron chi connectivity index (χ4n) is 1.80. The Labute approximate surface area is 127 Å². The molecular weight excluding hydrogens is 304 g/mol. The summed E-state index contributed by atoms with van der Waals surface area (Å²) < 4.78 is 5.21. The Balaban J connectivity index is 3.19. The van der Waals surface area contributed by atoms with Crippen molar-refractivity contribution in [2.45, 2.75) is 71.1 Å². The lowest BCUT2D eigenvalue weighted by atomic mass is 10.1. The van der Waals surface area contributed by atoms with Gasteiger partial charge in [0.05, 0.1) is 6.61 Å². The van der Waals surface area contributed by atoms with Crippen molar-refractivity contribution in [1.82, 2.24) is 0 Å². The maximum absolute atomic E-state index is 11.4. The zero-order chi connectivity index (χ0) is 14.2. The predicted molar refractivity (Wildman–Crippen MR) is 85.7 cm³/mol. The van der Waals surface area contributed by atoms with Gasteiger partial charge in [-0.25, -0.2) is 0 Å². The summed E-state index contributed by atoms with van der Waals surface area (Å²) in [6.45, 7) is 2.72. The van der Waals surface area contributed by atoms with Crippen LogP contribution in [0.2, 0.25) is 0 Å². The van der Waals surface area contributed by atoms with Crippen molar-refractivity contribution in [2.24, 2.45) is 0 Å². The molecule has 0 heterocycles. The Bertz CT molecular complexity index is 227. The standard InChI is InChI=1S/C16H29BrO2/c1-2-3-4-5-9-12-15-19-16(18)13-10-7-6-8-11-14-17/h3-4H,2,5-15H2,1H3. The molecule has 0 spiro atoms. The number of alkyl halides is 1. The van der Waals surface area contributed by atoms with Crippen molar-refractivity contribution < 1.29 is 9.53 Å². The first kappa shape index (κ1) is 18.7. The van der Waals surface area contributed by atoms with Crippen LogP contribution < -0.4 is 0 Å². The summed E-state index contributed by atoms with van der Waals surface area (Å²) in [5.41, 5.74) is 0. The monoisotopic (exact) mass is 332 g/mol. The van der Waals surface area contributed by atoms with E-state index in [0.717, 1.165) is 43.9 Å². The molecule has 0 radical (unpaired) electrons. The quantitative estimate of drug-likeness (QED) is 0.195. The molecule has 0 aliphatic heterocycles. The highest BCUT2D eigenvalue weighted by atomic mass is 79.9. The first-order valence-corrected chi connectivity index (χ1v) is 8.80. The molecule has 0 amide bonds. The molecule has 0 atom stereocenters. The highest BCUT2D eigenvalue weighted by molar-refractivity contribution is 9.09. The van der Waals surface area contributed by atoms with E-state index < -0.39 is 0 Å². The van der Waals surface area contributed by atoms with Gasteiger partial charge >= 0.3 is 5.97 Å². The third kappa shape index (κ3) is 15.6. The van der Waals surface area contributed by atoms with Gasteiger partial charge in [0.2, 0.25) is 0 Å². The molecule has 0 aliphatic rings. The van der Waals surface area contributed by atoms with E-state index in [1.54, 1.807) is 0 Å². The van der Waals surface area contributed by atoms with Gasteiger partial charge in [0.1, 0.15) is 0 Å². The minimum Gasteiger partial charge on any atom is -0.466 e. The number of ether oxygens (including phenoxy) is 1. The molecule has 0 aliphatic carbocycles. The minimum absolute atomic E-state index is 0.0235. The molecule has 112 valence electrons. The van der Waals surface area contributed by atoms with Crippen LogP contribution in [0, 0.1) is 0 Å². The average molecular weight is 333 g/mol. The number of halogens is 1. The predicted octanol–water partition coefficient (Wildman–Crippen LogP) is 5.40. The molecule has 0 aromatic rings. The van der Waals surface area contributed by atoms with Crippen molar-refractivity contribution in [1.29, 1.82) is 0 Å². The highest BCUT2D eigenvalue weighted by Crippen LogP contribution is 2.07. The van der Waals surface area contributed by atoms with Crippen LogP contribution in [0.4, 0.5) is 0 Å². The van der Waals surface area contributed by atoms with Crippen molar-refractivity contribution in [3.05, 3.63) is 12.2 Å². The van der Waals surface area contributed by atoms with Crippen LogP contribution in [0.3, 0.4) is 0 Å². The van der Waals surface area contributed by atoms with E-state index in [1.165, 1.54) is 19.3 Å². The Hall–Kier alpha value is -0.310. The van der Waals surface area contributed by atoms with Gasteiger partial charge in [-0.1, -0.05) is 54.3 Å². The highest BCUT2D eigenvalue weighted by Gasteiger charge is 2.01. The van der Waals surface area contributed by atoms with Crippen molar-refractivity contribution in [3.63, 3.8) is 0 Å². The fourth-order valence-corrected chi connectivity index (χ4v) is 2.20. The van der Waals surface area contributed by atoms with Gasteiger partial charge in [-0.05, 0) is 38.5 Å². The first-order chi connectivity index (χ1) is 9.31. The van der Waals surface area contributed by atoms with Gasteiger partial charge in [0.25, 0.3) is 0 Å². The lowest BCUT2D eigenvalue weighted by Crippen LogP contribution is -2.05. The van der Waals surface area contributed by atoms with Crippen LogP contribution in [-0.2, 0) is 9.53 Å². The number of rotatable bonds is 13. The van der Waals surface area contributed by atoms with Gasteiger partial charge in [-0.15, -0.1) is 0 Å². The van der Waals surface area contributed by atoms with E-state index in [0.29, 0.717) is 13.0 Å². The summed E-state index contributed by atoms with van der Waals surface area (Å²) in [5, 5.41) is 1.09. The molecule has 0 saturated carbocycles. The minimum atomic E-state index is -0.0235. The maximum atomic E-state index is 11.4. The molecular formula is C16H29BrO2. The molecule has 0 rings (SSSR count). The molecule has 0 aromatic heterocycles.